The molecule has 3 N–H and O–H groups in total. The molecule has 2 aliphatic rings. The number of hydrogen-bond donors (Lipinski definition) is 2. The molecule has 1 amide bonds. The van der Waals surface area contributed by atoms with Crippen LogP contribution >= 0.6 is 0 Å². The summed E-state index contributed by atoms with van der Waals surface area (Å²) < 4.78 is 12.0. The average Bonchev–Trinajstić information content (AvgIpc) is 2.55. The Morgan fingerprint density at radius 3 is 2.59 bits per heavy atom. The molecule has 22 heavy (non-hydrogen) atoms. The molecule has 0 spiro atoms. The van der Waals surface area contributed by atoms with Crippen LogP contribution in [0.1, 0.15) is 71.1 Å². The fourth-order valence-electron chi connectivity index (χ4n) is 4.12. The largest absolute Gasteiger partial charge is 0.353 e. The molecular formula is C17H32N2O2S. The summed E-state index contributed by atoms with van der Waals surface area (Å²) >= 11 is 0. The van der Waals surface area contributed by atoms with Crippen LogP contribution in [0.2, 0.25) is 0 Å². The molecular weight excluding hydrogens is 296 g/mol. The SMILES string of the molecule is CCS(=O)C1CCCC(NC(=O)CC2(CN)CCCCC2)C1. The minimum atomic E-state index is -0.736. The second kappa shape index (κ2) is 8.44. The van der Waals surface area contributed by atoms with Gasteiger partial charge in [-0.1, -0.05) is 32.6 Å². The fourth-order valence-corrected chi connectivity index (χ4v) is 5.47. The van der Waals surface area contributed by atoms with Crippen molar-refractivity contribution in [1.29, 1.82) is 0 Å². The summed E-state index contributed by atoms with van der Waals surface area (Å²) in [6.45, 7) is 2.60. The molecule has 0 aromatic heterocycles. The van der Waals surface area contributed by atoms with E-state index in [2.05, 4.69) is 5.32 Å². The van der Waals surface area contributed by atoms with E-state index in [1.807, 2.05) is 6.92 Å². The van der Waals surface area contributed by atoms with E-state index >= 15 is 0 Å². The van der Waals surface area contributed by atoms with E-state index in [0.717, 1.165) is 44.3 Å². The summed E-state index contributed by atoms with van der Waals surface area (Å²) in [7, 11) is -0.736. The van der Waals surface area contributed by atoms with Gasteiger partial charge in [0.15, 0.2) is 0 Å². The van der Waals surface area contributed by atoms with Gasteiger partial charge in [0.1, 0.15) is 0 Å². The zero-order valence-corrected chi connectivity index (χ0v) is 14.8. The van der Waals surface area contributed by atoms with Crippen molar-refractivity contribution in [3.05, 3.63) is 0 Å². The topological polar surface area (TPSA) is 72.2 Å². The van der Waals surface area contributed by atoms with Crippen molar-refractivity contribution >= 4 is 16.7 Å². The van der Waals surface area contributed by atoms with Crippen LogP contribution in [0.4, 0.5) is 0 Å². The first kappa shape index (κ1) is 17.9. The van der Waals surface area contributed by atoms with Gasteiger partial charge in [-0.15, -0.1) is 0 Å². The summed E-state index contributed by atoms with van der Waals surface area (Å²) in [5.41, 5.74) is 6.01. The van der Waals surface area contributed by atoms with Gasteiger partial charge in [-0.25, -0.2) is 0 Å². The molecule has 2 aliphatic carbocycles. The molecule has 4 nitrogen and oxygen atoms in total. The van der Waals surface area contributed by atoms with Crippen LogP contribution in [0.5, 0.6) is 0 Å². The Balaban J connectivity index is 1.84. The van der Waals surface area contributed by atoms with E-state index in [1.54, 1.807) is 0 Å². The molecule has 0 aliphatic heterocycles. The lowest BCUT2D eigenvalue weighted by atomic mass is 9.71. The third-order valence-corrected chi connectivity index (χ3v) is 7.27. The third kappa shape index (κ3) is 4.79. The monoisotopic (exact) mass is 328 g/mol. The smallest absolute Gasteiger partial charge is 0.220 e. The van der Waals surface area contributed by atoms with Gasteiger partial charge in [0.05, 0.1) is 0 Å². The maximum Gasteiger partial charge on any atom is 0.220 e. The van der Waals surface area contributed by atoms with Gasteiger partial charge in [-0.05, 0) is 44.1 Å². The first-order valence-electron chi connectivity index (χ1n) is 8.95. The highest BCUT2D eigenvalue weighted by Gasteiger charge is 2.34. The van der Waals surface area contributed by atoms with Crippen molar-refractivity contribution in [2.75, 3.05) is 12.3 Å². The maximum atomic E-state index is 12.4. The number of amides is 1. The minimum absolute atomic E-state index is 0.0304. The van der Waals surface area contributed by atoms with E-state index < -0.39 is 10.8 Å². The van der Waals surface area contributed by atoms with Gasteiger partial charge in [0.2, 0.25) is 5.91 Å². The molecule has 2 fully saturated rings. The van der Waals surface area contributed by atoms with E-state index in [1.165, 1.54) is 19.3 Å². The highest BCUT2D eigenvalue weighted by atomic mass is 32.2. The summed E-state index contributed by atoms with van der Waals surface area (Å²) in [6.07, 6.45) is 10.4. The highest BCUT2D eigenvalue weighted by Crippen LogP contribution is 2.38. The van der Waals surface area contributed by atoms with Crippen molar-refractivity contribution in [1.82, 2.24) is 5.32 Å². The lowest BCUT2D eigenvalue weighted by Gasteiger charge is -2.36. The van der Waals surface area contributed by atoms with Gasteiger partial charge in [-0.3, -0.25) is 9.00 Å². The van der Waals surface area contributed by atoms with Gasteiger partial charge >= 0.3 is 0 Å². The van der Waals surface area contributed by atoms with E-state index in [-0.39, 0.29) is 22.6 Å². The fraction of sp³-hybridized carbons (Fsp3) is 0.941. The molecule has 0 radical (unpaired) electrons. The summed E-state index contributed by atoms with van der Waals surface area (Å²) in [4.78, 5) is 12.4. The zero-order valence-electron chi connectivity index (χ0n) is 13.9. The van der Waals surface area contributed by atoms with Crippen molar-refractivity contribution < 1.29 is 9.00 Å². The number of nitrogens with one attached hydrogen (secondary N) is 1. The Kier molecular flexibility index (Phi) is 6.87. The van der Waals surface area contributed by atoms with Crippen molar-refractivity contribution in [3.8, 4) is 0 Å². The first-order valence-corrected chi connectivity index (χ1v) is 10.3. The lowest BCUT2D eigenvalue weighted by Crippen LogP contribution is -2.44. The van der Waals surface area contributed by atoms with Gasteiger partial charge in [0.25, 0.3) is 0 Å². The molecule has 0 bridgehead atoms. The molecule has 2 saturated carbocycles. The second-order valence-corrected chi connectivity index (χ2v) is 9.17. The molecule has 128 valence electrons. The molecule has 0 aromatic rings. The number of hydrogen-bond acceptors (Lipinski definition) is 3. The van der Waals surface area contributed by atoms with Crippen LogP contribution < -0.4 is 11.1 Å². The van der Waals surface area contributed by atoms with Gasteiger partial charge in [0, 0.05) is 34.3 Å². The van der Waals surface area contributed by atoms with E-state index in [4.69, 9.17) is 5.73 Å². The normalized spacial score (nSPS) is 29.7. The summed E-state index contributed by atoms with van der Waals surface area (Å²) in [6, 6.07) is 0.208. The predicted octanol–water partition coefficient (Wildman–Crippen LogP) is 2.48. The summed E-state index contributed by atoms with van der Waals surface area (Å²) in [5, 5.41) is 3.47. The highest BCUT2D eigenvalue weighted by molar-refractivity contribution is 7.85. The lowest BCUT2D eigenvalue weighted by molar-refractivity contribution is -0.124. The van der Waals surface area contributed by atoms with Crippen LogP contribution in [-0.4, -0.2) is 33.7 Å². The molecule has 3 atom stereocenters. The Labute approximate surface area is 137 Å². The Morgan fingerprint density at radius 2 is 1.95 bits per heavy atom. The molecule has 3 unspecified atom stereocenters. The third-order valence-electron chi connectivity index (χ3n) is 5.53. The summed E-state index contributed by atoms with van der Waals surface area (Å²) in [5.74, 6) is 0.877. The number of rotatable bonds is 6. The molecule has 0 aromatic carbocycles. The Bertz CT molecular complexity index is 394. The van der Waals surface area contributed by atoms with Crippen LogP contribution in [0, 0.1) is 5.41 Å². The van der Waals surface area contributed by atoms with Crippen LogP contribution in [0.15, 0.2) is 0 Å². The van der Waals surface area contributed by atoms with Crippen LogP contribution in [0.3, 0.4) is 0 Å². The van der Waals surface area contributed by atoms with Crippen molar-refractivity contribution in [2.45, 2.75) is 82.4 Å². The van der Waals surface area contributed by atoms with Crippen LogP contribution in [0.25, 0.3) is 0 Å². The van der Waals surface area contributed by atoms with Crippen molar-refractivity contribution in [3.63, 3.8) is 0 Å². The number of nitrogens with two attached hydrogens (primary N) is 1. The van der Waals surface area contributed by atoms with Crippen molar-refractivity contribution in [2.24, 2.45) is 11.1 Å². The van der Waals surface area contributed by atoms with Crippen LogP contribution in [-0.2, 0) is 15.6 Å². The van der Waals surface area contributed by atoms with Gasteiger partial charge in [-0.2, -0.15) is 0 Å². The average molecular weight is 329 g/mol. The molecule has 0 saturated heterocycles. The second-order valence-electron chi connectivity index (χ2n) is 7.16. The Morgan fingerprint density at radius 1 is 1.23 bits per heavy atom. The number of carbonyl (C=O) groups is 1. The zero-order chi connectivity index (χ0) is 16.0. The van der Waals surface area contributed by atoms with E-state index in [9.17, 15) is 9.00 Å². The minimum Gasteiger partial charge on any atom is -0.353 e. The Hall–Kier alpha value is -0.420. The predicted molar refractivity (Wildman–Crippen MR) is 92.1 cm³/mol. The van der Waals surface area contributed by atoms with Gasteiger partial charge < -0.3 is 11.1 Å². The molecule has 0 heterocycles. The quantitative estimate of drug-likeness (QED) is 0.787. The molecule has 2 rings (SSSR count). The number of carbonyl (C=O) groups excluding carboxylic acids is 1. The maximum absolute atomic E-state index is 12.4. The molecule has 5 heteroatoms. The standard InChI is InChI=1S/C17H32N2O2S/c1-2-22(21)15-8-6-7-14(11-15)19-16(20)12-17(13-18)9-4-3-5-10-17/h14-15H,2-13,18H2,1H3,(H,19,20). The van der Waals surface area contributed by atoms with E-state index in [0.29, 0.717) is 13.0 Å². The first-order chi connectivity index (χ1) is 10.6.